The molecule has 2 aromatic heterocycles. The van der Waals surface area contributed by atoms with E-state index in [1.54, 1.807) is 0 Å². The van der Waals surface area contributed by atoms with Crippen LogP contribution in [0, 0.1) is 0 Å². The number of hydrogen-bond donors (Lipinski definition) is 1. The monoisotopic (exact) mass is 370 g/mol. The zero-order valence-corrected chi connectivity index (χ0v) is 16.4. The van der Waals surface area contributed by atoms with Crippen molar-refractivity contribution in [3.63, 3.8) is 0 Å². The molecule has 2 aliphatic heterocycles. The second-order valence-electron chi connectivity index (χ2n) is 8.14. The molecule has 0 saturated carbocycles. The van der Waals surface area contributed by atoms with Gasteiger partial charge >= 0.3 is 0 Å². The van der Waals surface area contributed by atoms with Gasteiger partial charge in [0.25, 0.3) is 0 Å². The number of aromatic nitrogens is 2. The van der Waals surface area contributed by atoms with Crippen LogP contribution in [0.15, 0.2) is 18.3 Å². The highest BCUT2D eigenvalue weighted by atomic mass is 16.5. The quantitative estimate of drug-likeness (QED) is 0.819. The van der Waals surface area contributed by atoms with Crippen LogP contribution in [-0.2, 0) is 4.79 Å². The molecule has 1 N–H and O–H groups in total. The summed E-state index contributed by atoms with van der Waals surface area (Å²) in [5.41, 5.74) is 1.94. The van der Waals surface area contributed by atoms with E-state index in [9.17, 15) is 4.79 Å². The predicted octanol–water partition coefficient (Wildman–Crippen LogP) is 3.50. The second kappa shape index (κ2) is 7.89. The lowest BCUT2D eigenvalue weighted by molar-refractivity contribution is -0.121. The van der Waals surface area contributed by atoms with E-state index in [4.69, 9.17) is 4.74 Å². The Hall–Kier alpha value is -2.08. The SMILES string of the molecule is CC(C)N1CCC(Oc2cnc3[nH]c(C4CCCCN4C=O)cc3c2)CC1. The molecule has 0 spiro atoms. The van der Waals surface area contributed by atoms with Gasteiger partial charge in [0.1, 0.15) is 17.5 Å². The molecule has 4 rings (SSSR count). The van der Waals surface area contributed by atoms with E-state index in [2.05, 4.69) is 40.8 Å². The normalized spacial score (nSPS) is 22.5. The van der Waals surface area contributed by atoms with Crippen molar-refractivity contribution in [2.24, 2.45) is 0 Å². The van der Waals surface area contributed by atoms with Gasteiger partial charge in [-0.2, -0.15) is 0 Å². The first kappa shape index (κ1) is 18.3. The van der Waals surface area contributed by atoms with Crippen LogP contribution < -0.4 is 4.74 Å². The van der Waals surface area contributed by atoms with Crippen molar-refractivity contribution in [2.75, 3.05) is 19.6 Å². The third-order valence-electron chi connectivity index (χ3n) is 6.01. The van der Waals surface area contributed by atoms with Crippen LogP contribution in [0.2, 0.25) is 0 Å². The first-order chi connectivity index (χ1) is 13.1. The molecule has 4 heterocycles. The minimum Gasteiger partial charge on any atom is -0.489 e. The summed E-state index contributed by atoms with van der Waals surface area (Å²) in [5.74, 6) is 0.840. The zero-order valence-electron chi connectivity index (χ0n) is 16.4. The molecule has 6 heteroatoms. The molecule has 2 aromatic rings. The van der Waals surface area contributed by atoms with Gasteiger partial charge in [0, 0.05) is 36.8 Å². The Balaban J connectivity index is 1.46. The summed E-state index contributed by atoms with van der Waals surface area (Å²) in [6.07, 6.45) is 8.42. The van der Waals surface area contributed by atoms with E-state index in [1.165, 1.54) is 0 Å². The summed E-state index contributed by atoms with van der Waals surface area (Å²) in [5, 5.41) is 1.05. The van der Waals surface area contributed by atoms with Gasteiger partial charge in [-0.1, -0.05) is 0 Å². The lowest BCUT2D eigenvalue weighted by atomic mass is 10.00. The summed E-state index contributed by atoms with van der Waals surface area (Å²) in [4.78, 5) is 23.7. The number of fused-ring (bicyclic) bond motifs is 1. The van der Waals surface area contributed by atoms with Crippen LogP contribution >= 0.6 is 0 Å². The third-order valence-corrected chi connectivity index (χ3v) is 6.01. The van der Waals surface area contributed by atoms with Crippen molar-refractivity contribution in [3.05, 3.63) is 24.0 Å². The van der Waals surface area contributed by atoms with Crippen LogP contribution in [0.3, 0.4) is 0 Å². The maximum absolute atomic E-state index is 11.4. The molecule has 2 saturated heterocycles. The number of likely N-dealkylation sites (tertiary alicyclic amines) is 2. The summed E-state index contributed by atoms with van der Waals surface area (Å²) >= 11 is 0. The molecule has 0 radical (unpaired) electrons. The summed E-state index contributed by atoms with van der Waals surface area (Å²) in [6, 6.07) is 4.94. The Morgan fingerprint density at radius 1 is 1.19 bits per heavy atom. The first-order valence-corrected chi connectivity index (χ1v) is 10.2. The number of ether oxygens (including phenoxy) is 1. The second-order valence-corrected chi connectivity index (χ2v) is 8.14. The van der Waals surface area contributed by atoms with Crippen LogP contribution in [-0.4, -0.2) is 58.0 Å². The van der Waals surface area contributed by atoms with Crippen molar-refractivity contribution in [1.82, 2.24) is 19.8 Å². The number of piperidine rings is 2. The van der Waals surface area contributed by atoms with Gasteiger partial charge in [0.05, 0.1) is 12.2 Å². The Kier molecular flexibility index (Phi) is 5.34. The van der Waals surface area contributed by atoms with E-state index in [0.29, 0.717) is 6.04 Å². The number of nitrogens with one attached hydrogen (secondary N) is 1. The molecule has 0 bridgehead atoms. The molecule has 0 aliphatic carbocycles. The first-order valence-electron chi connectivity index (χ1n) is 10.2. The Bertz CT molecular complexity index is 780. The highest BCUT2D eigenvalue weighted by Gasteiger charge is 2.25. The van der Waals surface area contributed by atoms with Crippen LogP contribution in [0.5, 0.6) is 5.75 Å². The number of carbonyl (C=O) groups is 1. The molecular formula is C21H30N4O2. The molecule has 27 heavy (non-hydrogen) atoms. The molecule has 2 fully saturated rings. The van der Waals surface area contributed by atoms with Gasteiger partial charge in [-0.25, -0.2) is 4.98 Å². The number of H-pyrrole nitrogens is 1. The van der Waals surface area contributed by atoms with Crippen molar-refractivity contribution in [2.45, 2.75) is 64.1 Å². The van der Waals surface area contributed by atoms with Crippen molar-refractivity contribution in [3.8, 4) is 5.75 Å². The molecule has 1 unspecified atom stereocenters. The predicted molar refractivity (Wildman–Crippen MR) is 106 cm³/mol. The van der Waals surface area contributed by atoms with Crippen molar-refractivity contribution < 1.29 is 9.53 Å². The molecule has 1 amide bonds. The highest BCUT2D eigenvalue weighted by molar-refractivity contribution is 5.78. The maximum atomic E-state index is 11.4. The summed E-state index contributed by atoms with van der Waals surface area (Å²) < 4.78 is 6.22. The highest BCUT2D eigenvalue weighted by Crippen LogP contribution is 2.32. The molecule has 1 atom stereocenters. The Morgan fingerprint density at radius 3 is 2.74 bits per heavy atom. The Morgan fingerprint density at radius 2 is 2.00 bits per heavy atom. The average Bonchev–Trinajstić information content (AvgIpc) is 3.11. The van der Waals surface area contributed by atoms with Crippen LogP contribution in [0.1, 0.15) is 57.7 Å². The standard InChI is InChI=1S/C21H30N4O2/c1-15(2)24-9-6-17(7-10-24)27-18-11-16-12-19(23-21(16)22-13-18)20-5-3-4-8-25(20)14-26/h11-15,17,20H,3-10H2,1-2H3,(H,22,23). The molecule has 6 nitrogen and oxygen atoms in total. The van der Waals surface area contributed by atoms with Gasteiger partial charge in [0.15, 0.2) is 0 Å². The fourth-order valence-corrected chi connectivity index (χ4v) is 4.38. The topological polar surface area (TPSA) is 61.5 Å². The minimum absolute atomic E-state index is 0.134. The molecular weight excluding hydrogens is 340 g/mol. The molecule has 146 valence electrons. The zero-order chi connectivity index (χ0) is 18.8. The average molecular weight is 370 g/mol. The van der Waals surface area contributed by atoms with E-state index >= 15 is 0 Å². The van der Waals surface area contributed by atoms with Gasteiger partial charge in [-0.15, -0.1) is 0 Å². The smallest absolute Gasteiger partial charge is 0.210 e. The Labute approximate surface area is 160 Å². The number of nitrogens with zero attached hydrogens (tertiary/aromatic N) is 3. The number of carbonyl (C=O) groups excluding carboxylic acids is 1. The van der Waals surface area contributed by atoms with Crippen LogP contribution in [0.25, 0.3) is 11.0 Å². The van der Waals surface area contributed by atoms with E-state index in [-0.39, 0.29) is 12.1 Å². The number of hydrogen-bond acceptors (Lipinski definition) is 4. The molecule has 2 aliphatic rings. The molecule has 0 aromatic carbocycles. The lowest BCUT2D eigenvalue weighted by Gasteiger charge is -2.34. The fourth-order valence-electron chi connectivity index (χ4n) is 4.38. The van der Waals surface area contributed by atoms with Crippen LogP contribution in [0.4, 0.5) is 0 Å². The van der Waals surface area contributed by atoms with Crippen molar-refractivity contribution in [1.29, 1.82) is 0 Å². The lowest BCUT2D eigenvalue weighted by Crippen LogP contribution is -2.41. The van der Waals surface area contributed by atoms with Gasteiger partial charge in [-0.05, 0) is 58.1 Å². The third kappa shape index (κ3) is 3.95. The van der Waals surface area contributed by atoms with Gasteiger partial charge in [0.2, 0.25) is 6.41 Å². The number of rotatable bonds is 5. The van der Waals surface area contributed by atoms with Crippen molar-refractivity contribution >= 4 is 17.4 Å². The van der Waals surface area contributed by atoms with E-state index < -0.39 is 0 Å². The maximum Gasteiger partial charge on any atom is 0.210 e. The number of pyridine rings is 1. The van der Waals surface area contributed by atoms with Gasteiger partial charge in [-0.3, -0.25) is 4.79 Å². The fraction of sp³-hybridized carbons (Fsp3) is 0.619. The minimum atomic E-state index is 0.134. The number of amides is 1. The number of aromatic amines is 1. The van der Waals surface area contributed by atoms with E-state index in [1.807, 2.05) is 11.1 Å². The van der Waals surface area contributed by atoms with E-state index in [0.717, 1.165) is 80.6 Å². The largest absolute Gasteiger partial charge is 0.489 e. The summed E-state index contributed by atoms with van der Waals surface area (Å²) in [7, 11) is 0. The summed E-state index contributed by atoms with van der Waals surface area (Å²) in [6.45, 7) is 7.52. The van der Waals surface area contributed by atoms with Gasteiger partial charge < -0.3 is 19.5 Å².